The molecule has 132 valence electrons. The van der Waals surface area contributed by atoms with Gasteiger partial charge in [-0.2, -0.15) is 4.31 Å². The normalized spacial score (nSPS) is 15.7. The summed E-state index contributed by atoms with van der Waals surface area (Å²) in [7, 11) is -3.61. The van der Waals surface area contributed by atoms with Crippen molar-refractivity contribution >= 4 is 21.9 Å². The average Bonchev–Trinajstić information content (AvgIpc) is 2.61. The summed E-state index contributed by atoms with van der Waals surface area (Å²) in [5.41, 5.74) is 0.109. The van der Waals surface area contributed by atoms with E-state index in [0.717, 1.165) is 19.3 Å². The first-order chi connectivity index (χ1) is 11.4. The Bertz CT molecular complexity index is 696. The third kappa shape index (κ3) is 4.55. The molecule has 1 aromatic carbocycles. The van der Waals surface area contributed by atoms with Gasteiger partial charge in [0.25, 0.3) is 5.91 Å². The van der Waals surface area contributed by atoms with Crippen LogP contribution in [0.15, 0.2) is 29.2 Å². The van der Waals surface area contributed by atoms with Gasteiger partial charge in [0.05, 0.1) is 10.5 Å². The van der Waals surface area contributed by atoms with Gasteiger partial charge in [-0.15, -0.1) is 0 Å². The molecule has 1 N–H and O–H groups in total. The molecule has 1 aromatic rings. The molecule has 1 heterocycles. The lowest BCUT2D eigenvalue weighted by Crippen LogP contribution is -2.35. The van der Waals surface area contributed by atoms with Crippen LogP contribution in [0.25, 0.3) is 0 Å². The van der Waals surface area contributed by atoms with E-state index in [9.17, 15) is 18.0 Å². The summed E-state index contributed by atoms with van der Waals surface area (Å²) in [5.74, 6) is -1.13. The third-order valence-electron chi connectivity index (χ3n) is 3.73. The summed E-state index contributed by atoms with van der Waals surface area (Å²) in [5, 5.41) is 2.51. The van der Waals surface area contributed by atoms with Gasteiger partial charge in [0, 0.05) is 19.6 Å². The van der Waals surface area contributed by atoms with E-state index in [-0.39, 0.29) is 10.5 Å². The van der Waals surface area contributed by atoms with E-state index in [0.29, 0.717) is 19.6 Å². The van der Waals surface area contributed by atoms with E-state index in [1.54, 1.807) is 6.92 Å². The lowest BCUT2D eigenvalue weighted by molar-refractivity contribution is -0.124. The molecule has 0 saturated carbocycles. The highest BCUT2D eigenvalue weighted by atomic mass is 32.2. The molecule has 7 nitrogen and oxygen atoms in total. The van der Waals surface area contributed by atoms with Gasteiger partial charge in [-0.1, -0.05) is 12.5 Å². The van der Waals surface area contributed by atoms with E-state index in [1.165, 1.54) is 28.6 Å². The number of carbonyl (C=O) groups is 2. The SMILES string of the molecule is CCNC(=O)COC(=O)c1cccc(S(=O)(=O)N2CCCCC2)c1. The fourth-order valence-corrected chi connectivity index (χ4v) is 4.06. The van der Waals surface area contributed by atoms with Crippen molar-refractivity contribution in [1.29, 1.82) is 0 Å². The Morgan fingerprint density at radius 2 is 1.92 bits per heavy atom. The van der Waals surface area contributed by atoms with Gasteiger partial charge in [-0.25, -0.2) is 13.2 Å². The number of rotatable bonds is 6. The average molecular weight is 354 g/mol. The number of sulfonamides is 1. The Morgan fingerprint density at radius 3 is 2.58 bits per heavy atom. The second kappa shape index (κ2) is 8.25. The van der Waals surface area contributed by atoms with E-state index >= 15 is 0 Å². The number of hydrogen-bond acceptors (Lipinski definition) is 5. The zero-order valence-electron chi connectivity index (χ0n) is 13.7. The first kappa shape index (κ1) is 18.4. The molecule has 0 aromatic heterocycles. The van der Waals surface area contributed by atoms with Crippen LogP contribution in [0.3, 0.4) is 0 Å². The predicted octanol–water partition coefficient (Wildman–Crippen LogP) is 1.15. The van der Waals surface area contributed by atoms with Gasteiger partial charge in [0.2, 0.25) is 10.0 Å². The van der Waals surface area contributed by atoms with Crippen molar-refractivity contribution in [2.24, 2.45) is 0 Å². The summed E-state index contributed by atoms with van der Waals surface area (Å²) in [6.45, 7) is 2.80. The van der Waals surface area contributed by atoms with E-state index in [2.05, 4.69) is 5.32 Å². The first-order valence-corrected chi connectivity index (χ1v) is 9.43. The van der Waals surface area contributed by atoms with Crippen LogP contribution in [0.4, 0.5) is 0 Å². The minimum atomic E-state index is -3.61. The fraction of sp³-hybridized carbons (Fsp3) is 0.500. The largest absolute Gasteiger partial charge is 0.452 e. The predicted molar refractivity (Wildman–Crippen MR) is 88.0 cm³/mol. The molecule has 1 fully saturated rings. The van der Waals surface area contributed by atoms with Crippen molar-refractivity contribution in [3.8, 4) is 0 Å². The topological polar surface area (TPSA) is 92.8 Å². The van der Waals surface area contributed by atoms with Gasteiger partial charge in [0.1, 0.15) is 0 Å². The maximum Gasteiger partial charge on any atom is 0.338 e. The number of nitrogens with zero attached hydrogens (tertiary/aromatic N) is 1. The lowest BCUT2D eigenvalue weighted by Gasteiger charge is -2.25. The van der Waals surface area contributed by atoms with Gasteiger partial charge < -0.3 is 10.1 Å². The highest BCUT2D eigenvalue weighted by Crippen LogP contribution is 2.21. The summed E-state index contributed by atoms with van der Waals surface area (Å²) in [6, 6.07) is 5.73. The van der Waals surface area contributed by atoms with Crippen LogP contribution >= 0.6 is 0 Å². The first-order valence-electron chi connectivity index (χ1n) is 7.99. The number of nitrogens with one attached hydrogen (secondary N) is 1. The van der Waals surface area contributed by atoms with Gasteiger partial charge >= 0.3 is 5.97 Å². The number of esters is 1. The van der Waals surface area contributed by atoms with Crippen molar-refractivity contribution in [2.75, 3.05) is 26.2 Å². The zero-order valence-corrected chi connectivity index (χ0v) is 14.5. The highest BCUT2D eigenvalue weighted by Gasteiger charge is 2.26. The molecule has 1 aliphatic heterocycles. The second-order valence-electron chi connectivity index (χ2n) is 5.52. The molecule has 2 rings (SSSR count). The van der Waals surface area contributed by atoms with Crippen molar-refractivity contribution < 1.29 is 22.7 Å². The number of amides is 1. The molecule has 0 spiro atoms. The molecule has 1 aliphatic rings. The Balaban J connectivity index is 2.10. The molecule has 0 atom stereocenters. The van der Waals surface area contributed by atoms with Crippen molar-refractivity contribution in [2.45, 2.75) is 31.1 Å². The lowest BCUT2D eigenvalue weighted by atomic mass is 10.2. The smallest absolute Gasteiger partial charge is 0.338 e. The summed E-state index contributed by atoms with van der Waals surface area (Å²) < 4.78 is 31.6. The molecular weight excluding hydrogens is 332 g/mol. The maximum absolute atomic E-state index is 12.6. The third-order valence-corrected chi connectivity index (χ3v) is 5.63. The molecule has 8 heteroatoms. The second-order valence-corrected chi connectivity index (χ2v) is 7.46. The van der Waals surface area contributed by atoms with Gasteiger partial charge in [-0.05, 0) is 38.0 Å². The van der Waals surface area contributed by atoms with Crippen molar-refractivity contribution in [3.63, 3.8) is 0 Å². The standard InChI is InChI=1S/C16H22N2O5S/c1-2-17-15(19)12-23-16(20)13-7-6-8-14(11-13)24(21,22)18-9-4-3-5-10-18/h6-8,11H,2-5,9-10,12H2,1H3,(H,17,19). The van der Waals surface area contributed by atoms with E-state index < -0.39 is 28.5 Å². The molecule has 0 radical (unpaired) electrons. The number of likely N-dealkylation sites (N-methyl/N-ethyl adjacent to an activating group) is 1. The number of ether oxygens (including phenoxy) is 1. The van der Waals surface area contributed by atoms with Crippen LogP contribution in [-0.2, 0) is 19.6 Å². The molecule has 0 bridgehead atoms. The summed E-state index contributed by atoms with van der Waals surface area (Å²) in [6.07, 6.45) is 2.71. The fourth-order valence-electron chi connectivity index (χ4n) is 2.50. The summed E-state index contributed by atoms with van der Waals surface area (Å²) in [4.78, 5) is 23.4. The Kier molecular flexibility index (Phi) is 6.33. The van der Waals surface area contributed by atoms with Crippen LogP contribution in [-0.4, -0.2) is 50.8 Å². The molecule has 0 unspecified atom stereocenters. The molecular formula is C16H22N2O5S. The van der Waals surface area contributed by atoms with Crippen LogP contribution in [0.2, 0.25) is 0 Å². The Morgan fingerprint density at radius 1 is 1.21 bits per heavy atom. The van der Waals surface area contributed by atoms with Gasteiger partial charge in [-0.3, -0.25) is 4.79 Å². The zero-order chi connectivity index (χ0) is 17.6. The van der Waals surface area contributed by atoms with Crippen LogP contribution in [0, 0.1) is 0 Å². The van der Waals surface area contributed by atoms with Crippen LogP contribution < -0.4 is 5.32 Å². The number of piperidine rings is 1. The number of benzene rings is 1. The number of carbonyl (C=O) groups excluding carboxylic acids is 2. The molecule has 1 amide bonds. The van der Waals surface area contributed by atoms with E-state index in [1.807, 2.05) is 0 Å². The highest BCUT2D eigenvalue weighted by molar-refractivity contribution is 7.89. The van der Waals surface area contributed by atoms with Crippen LogP contribution in [0.5, 0.6) is 0 Å². The Labute approximate surface area is 142 Å². The monoisotopic (exact) mass is 354 g/mol. The van der Waals surface area contributed by atoms with Crippen molar-refractivity contribution in [1.82, 2.24) is 9.62 Å². The van der Waals surface area contributed by atoms with Crippen molar-refractivity contribution in [3.05, 3.63) is 29.8 Å². The van der Waals surface area contributed by atoms with Gasteiger partial charge in [0.15, 0.2) is 6.61 Å². The minimum Gasteiger partial charge on any atom is -0.452 e. The summed E-state index contributed by atoms with van der Waals surface area (Å²) >= 11 is 0. The quantitative estimate of drug-likeness (QED) is 0.774. The number of hydrogen-bond donors (Lipinski definition) is 1. The molecule has 0 aliphatic carbocycles. The molecule has 1 saturated heterocycles. The Hall–Kier alpha value is -1.93. The van der Waals surface area contributed by atoms with E-state index in [4.69, 9.17) is 4.74 Å². The maximum atomic E-state index is 12.6. The minimum absolute atomic E-state index is 0.0665. The molecule has 24 heavy (non-hydrogen) atoms. The van der Waals surface area contributed by atoms with Crippen LogP contribution in [0.1, 0.15) is 36.5 Å².